The molecule has 1 aliphatic heterocycles. The Kier molecular flexibility index (Phi) is 8.94. The van der Waals surface area contributed by atoms with Crippen molar-refractivity contribution >= 4 is 29.1 Å². The first-order valence-corrected chi connectivity index (χ1v) is 14.2. The predicted octanol–water partition coefficient (Wildman–Crippen LogP) is 3.97. The number of nitrogens with one attached hydrogen (secondary N) is 2. The number of hydrogen-bond donors (Lipinski definition) is 3. The lowest BCUT2D eigenvalue weighted by Gasteiger charge is -2.37. The van der Waals surface area contributed by atoms with Crippen molar-refractivity contribution in [2.45, 2.75) is 44.2 Å². The topological polar surface area (TPSA) is 108 Å². The molecule has 8 nitrogen and oxygen atoms in total. The molecule has 1 heterocycles. The van der Waals surface area contributed by atoms with Gasteiger partial charge in [-0.3, -0.25) is 14.4 Å². The van der Waals surface area contributed by atoms with Gasteiger partial charge in [0.1, 0.15) is 5.82 Å². The molecule has 0 atom stereocenters. The molecule has 41 heavy (non-hydrogen) atoms. The molecule has 1 saturated heterocycles. The summed E-state index contributed by atoms with van der Waals surface area (Å²) in [5.74, 6) is -0.951. The summed E-state index contributed by atoms with van der Waals surface area (Å²) in [6, 6.07) is 20.6. The Balaban J connectivity index is 1.31. The minimum absolute atomic E-state index is 0.0701. The second kappa shape index (κ2) is 13.0. The lowest BCUT2D eigenvalue weighted by Crippen LogP contribution is -2.49. The van der Waals surface area contributed by atoms with Gasteiger partial charge in [0.15, 0.2) is 0 Å². The Bertz CT molecular complexity index is 1370. The molecule has 1 saturated carbocycles. The van der Waals surface area contributed by atoms with Gasteiger partial charge in [-0.25, -0.2) is 4.39 Å². The average Bonchev–Trinajstić information content (AvgIpc) is 2.99. The van der Waals surface area contributed by atoms with E-state index in [1.807, 2.05) is 41.3 Å². The molecule has 1 aliphatic carbocycles. The van der Waals surface area contributed by atoms with Crippen LogP contribution in [0.5, 0.6) is 0 Å². The van der Waals surface area contributed by atoms with Crippen LogP contribution in [-0.2, 0) is 11.2 Å². The first kappa shape index (κ1) is 28.3. The summed E-state index contributed by atoms with van der Waals surface area (Å²) in [5.41, 5.74) is 8.99. The normalized spacial score (nSPS) is 19.0. The number of benzene rings is 3. The number of amides is 3. The lowest BCUT2D eigenvalue weighted by atomic mass is 9.91. The summed E-state index contributed by atoms with van der Waals surface area (Å²) >= 11 is 0. The van der Waals surface area contributed by atoms with Gasteiger partial charge in [-0.15, -0.1) is 0 Å². The van der Waals surface area contributed by atoms with Crippen LogP contribution >= 0.6 is 0 Å². The monoisotopic (exact) mass is 557 g/mol. The number of rotatable bonds is 7. The largest absolute Gasteiger partial charge is 0.366 e. The third-order valence-corrected chi connectivity index (χ3v) is 7.89. The molecular formula is C32H36FN5O3. The van der Waals surface area contributed by atoms with E-state index in [-0.39, 0.29) is 23.9 Å². The van der Waals surface area contributed by atoms with Crippen LogP contribution in [0.4, 0.5) is 15.8 Å². The molecule has 2 aliphatic rings. The quantitative estimate of drug-likeness (QED) is 0.408. The number of piperazine rings is 1. The molecule has 3 aromatic carbocycles. The van der Waals surface area contributed by atoms with E-state index in [1.54, 1.807) is 12.1 Å². The summed E-state index contributed by atoms with van der Waals surface area (Å²) in [6.07, 6.45) is 3.79. The van der Waals surface area contributed by atoms with Gasteiger partial charge in [0.05, 0.1) is 17.8 Å². The molecule has 3 aromatic rings. The minimum atomic E-state index is -0.427. The predicted molar refractivity (Wildman–Crippen MR) is 157 cm³/mol. The third-order valence-electron chi connectivity index (χ3n) is 7.89. The van der Waals surface area contributed by atoms with E-state index >= 15 is 0 Å². The van der Waals surface area contributed by atoms with Crippen LogP contribution in [0.15, 0.2) is 72.8 Å². The van der Waals surface area contributed by atoms with Crippen LogP contribution in [0.1, 0.15) is 52.0 Å². The fraction of sp³-hybridized carbons (Fsp3) is 0.344. The maximum atomic E-state index is 13.4. The van der Waals surface area contributed by atoms with Crippen molar-refractivity contribution in [2.24, 2.45) is 5.73 Å². The highest BCUT2D eigenvalue weighted by Gasteiger charge is 2.25. The second-order valence-corrected chi connectivity index (χ2v) is 10.8. The van der Waals surface area contributed by atoms with Crippen molar-refractivity contribution in [3.8, 4) is 0 Å². The molecule has 0 aromatic heterocycles. The van der Waals surface area contributed by atoms with E-state index in [0.29, 0.717) is 49.4 Å². The summed E-state index contributed by atoms with van der Waals surface area (Å²) in [7, 11) is 0. The van der Waals surface area contributed by atoms with Gasteiger partial charge >= 0.3 is 0 Å². The first-order valence-electron chi connectivity index (χ1n) is 14.2. The fourth-order valence-corrected chi connectivity index (χ4v) is 5.46. The van der Waals surface area contributed by atoms with Crippen LogP contribution in [0, 0.1) is 5.82 Å². The minimum Gasteiger partial charge on any atom is -0.366 e. The van der Waals surface area contributed by atoms with Gasteiger partial charge in [0.25, 0.3) is 11.8 Å². The molecule has 3 amide bonds. The SMILES string of the molecule is NC1CCC(NC(=O)c2ccc(N3CCN(C(=O)Cc4ccccc4)CC3)c(NC(=O)c3ccc(F)cc3)c2)CC1. The van der Waals surface area contributed by atoms with Crippen molar-refractivity contribution < 1.29 is 18.8 Å². The maximum absolute atomic E-state index is 13.4. The van der Waals surface area contributed by atoms with Gasteiger partial charge < -0.3 is 26.2 Å². The zero-order valence-corrected chi connectivity index (χ0v) is 23.0. The summed E-state index contributed by atoms with van der Waals surface area (Å²) in [4.78, 5) is 43.1. The van der Waals surface area contributed by atoms with Crippen LogP contribution in [0.3, 0.4) is 0 Å². The van der Waals surface area contributed by atoms with Crippen LogP contribution in [0.25, 0.3) is 0 Å². The van der Waals surface area contributed by atoms with Crippen LogP contribution in [-0.4, -0.2) is 60.9 Å². The van der Waals surface area contributed by atoms with Crippen molar-refractivity contribution in [2.75, 3.05) is 36.4 Å². The molecular weight excluding hydrogens is 521 g/mol. The molecule has 0 unspecified atom stereocenters. The summed E-state index contributed by atoms with van der Waals surface area (Å²) in [6.45, 7) is 2.24. The molecule has 0 spiro atoms. The maximum Gasteiger partial charge on any atom is 0.255 e. The molecule has 5 rings (SSSR count). The van der Waals surface area contributed by atoms with E-state index in [4.69, 9.17) is 5.73 Å². The van der Waals surface area contributed by atoms with Gasteiger partial charge in [-0.2, -0.15) is 0 Å². The Morgan fingerprint density at radius 3 is 2.15 bits per heavy atom. The molecule has 0 bridgehead atoms. The first-order chi connectivity index (χ1) is 19.9. The highest BCUT2D eigenvalue weighted by Crippen LogP contribution is 2.30. The number of nitrogens with zero attached hydrogens (tertiary/aromatic N) is 2. The van der Waals surface area contributed by atoms with E-state index in [9.17, 15) is 18.8 Å². The van der Waals surface area contributed by atoms with Gasteiger partial charge in [-0.05, 0) is 73.7 Å². The summed E-state index contributed by atoms with van der Waals surface area (Å²) in [5, 5.41) is 6.04. The van der Waals surface area contributed by atoms with Crippen LogP contribution < -0.4 is 21.3 Å². The fourth-order valence-electron chi connectivity index (χ4n) is 5.46. The van der Waals surface area contributed by atoms with Crippen LogP contribution in [0.2, 0.25) is 0 Å². The van der Waals surface area contributed by atoms with Crippen molar-refractivity contribution in [1.29, 1.82) is 0 Å². The second-order valence-electron chi connectivity index (χ2n) is 10.8. The number of carbonyl (C=O) groups excluding carboxylic acids is 3. The third kappa shape index (κ3) is 7.29. The highest BCUT2D eigenvalue weighted by atomic mass is 19.1. The number of anilines is 2. The van der Waals surface area contributed by atoms with Crippen molar-refractivity contribution in [3.63, 3.8) is 0 Å². The van der Waals surface area contributed by atoms with E-state index < -0.39 is 11.7 Å². The molecule has 9 heteroatoms. The zero-order chi connectivity index (χ0) is 28.8. The van der Waals surface area contributed by atoms with Gasteiger partial charge in [-0.1, -0.05) is 30.3 Å². The van der Waals surface area contributed by atoms with E-state index in [1.165, 1.54) is 24.3 Å². The highest BCUT2D eigenvalue weighted by molar-refractivity contribution is 6.07. The Labute approximate surface area is 239 Å². The Morgan fingerprint density at radius 1 is 0.805 bits per heavy atom. The molecule has 2 fully saturated rings. The summed E-state index contributed by atoms with van der Waals surface area (Å²) < 4.78 is 13.4. The number of hydrogen-bond acceptors (Lipinski definition) is 5. The number of carbonyl (C=O) groups is 3. The lowest BCUT2D eigenvalue weighted by molar-refractivity contribution is -0.130. The van der Waals surface area contributed by atoms with E-state index in [2.05, 4.69) is 15.5 Å². The molecule has 4 N–H and O–H groups in total. The number of nitrogens with two attached hydrogens (primary N) is 1. The van der Waals surface area contributed by atoms with Gasteiger partial charge in [0, 0.05) is 49.4 Å². The van der Waals surface area contributed by atoms with Crippen molar-refractivity contribution in [3.05, 3.63) is 95.3 Å². The standard InChI is InChI=1S/C32H36FN5O3/c33-25-9-6-23(7-10-25)31(40)36-28-21-24(32(41)35-27-13-11-26(34)12-14-27)8-15-29(28)37-16-18-38(19-17-37)30(39)20-22-4-2-1-3-5-22/h1-10,15,21,26-27H,11-14,16-20,34H2,(H,35,41)(H,36,40). The Hall–Kier alpha value is -4.24. The average molecular weight is 558 g/mol. The van der Waals surface area contributed by atoms with E-state index in [0.717, 1.165) is 36.9 Å². The molecule has 214 valence electrons. The van der Waals surface area contributed by atoms with Crippen molar-refractivity contribution in [1.82, 2.24) is 10.2 Å². The molecule has 0 radical (unpaired) electrons. The van der Waals surface area contributed by atoms with Gasteiger partial charge in [0.2, 0.25) is 5.91 Å². The zero-order valence-electron chi connectivity index (χ0n) is 23.0. The number of halogens is 1. The smallest absolute Gasteiger partial charge is 0.255 e. The Morgan fingerprint density at radius 2 is 1.46 bits per heavy atom.